The van der Waals surface area contributed by atoms with E-state index in [0.29, 0.717) is 43.0 Å². The van der Waals surface area contributed by atoms with Crippen LogP contribution in [0, 0.1) is 5.92 Å². The van der Waals surface area contributed by atoms with E-state index in [2.05, 4.69) is 29.2 Å². The molecule has 2 aliphatic heterocycles. The lowest BCUT2D eigenvalue weighted by molar-refractivity contribution is -0.138. The second-order valence-corrected chi connectivity index (χ2v) is 8.72. The number of amides is 2. The third kappa shape index (κ3) is 5.47. The maximum Gasteiger partial charge on any atom is 0.253 e. The van der Waals surface area contributed by atoms with Gasteiger partial charge in [0, 0.05) is 57.3 Å². The molecule has 2 aromatic rings. The van der Waals surface area contributed by atoms with Crippen molar-refractivity contribution < 1.29 is 19.1 Å². The van der Waals surface area contributed by atoms with Crippen LogP contribution in [-0.2, 0) is 11.3 Å². The fourth-order valence-electron chi connectivity index (χ4n) is 4.71. The number of hydrogen-bond acceptors (Lipinski definition) is 5. The summed E-state index contributed by atoms with van der Waals surface area (Å²) in [5.74, 6) is 1.35. The van der Waals surface area contributed by atoms with Crippen LogP contribution in [0.1, 0.15) is 28.8 Å². The molecule has 7 heteroatoms. The van der Waals surface area contributed by atoms with Gasteiger partial charge in [-0.3, -0.25) is 14.5 Å². The zero-order valence-electron chi connectivity index (χ0n) is 19.5. The first-order valence-electron chi connectivity index (χ1n) is 11.7. The highest BCUT2D eigenvalue weighted by atomic mass is 16.5. The Bertz CT molecular complexity index is 949. The second kappa shape index (κ2) is 10.7. The highest BCUT2D eigenvalue weighted by molar-refractivity contribution is 5.95. The summed E-state index contributed by atoms with van der Waals surface area (Å²) < 4.78 is 10.6. The SMILES string of the molecule is COc1ccc(C(=O)N2CCC(C(=O)N3CCN(Cc4ccccc4)CC3)CC2)cc1OC. The molecule has 0 radical (unpaired) electrons. The first-order valence-corrected chi connectivity index (χ1v) is 11.7. The molecule has 0 spiro atoms. The quantitative estimate of drug-likeness (QED) is 0.676. The minimum absolute atomic E-state index is 0.000117. The lowest BCUT2D eigenvalue weighted by Crippen LogP contribution is -2.51. The van der Waals surface area contributed by atoms with E-state index in [1.54, 1.807) is 32.4 Å². The fraction of sp³-hybridized carbons (Fsp3) is 0.462. The van der Waals surface area contributed by atoms with Gasteiger partial charge >= 0.3 is 0 Å². The summed E-state index contributed by atoms with van der Waals surface area (Å²) in [5, 5.41) is 0. The minimum atomic E-state index is -0.0311. The van der Waals surface area contributed by atoms with Gasteiger partial charge in [-0.2, -0.15) is 0 Å². The summed E-state index contributed by atoms with van der Waals surface area (Å²) in [6.07, 6.45) is 1.42. The molecule has 7 nitrogen and oxygen atoms in total. The van der Waals surface area contributed by atoms with Crippen LogP contribution >= 0.6 is 0 Å². The molecular formula is C26H33N3O4. The van der Waals surface area contributed by atoms with Crippen molar-refractivity contribution in [3.63, 3.8) is 0 Å². The molecule has 2 heterocycles. The molecule has 0 bridgehead atoms. The van der Waals surface area contributed by atoms with Crippen LogP contribution < -0.4 is 9.47 Å². The summed E-state index contributed by atoms with van der Waals surface area (Å²) in [5.41, 5.74) is 1.88. The third-order valence-electron chi connectivity index (χ3n) is 6.69. The summed E-state index contributed by atoms with van der Waals surface area (Å²) in [6, 6.07) is 15.7. The van der Waals surface area contributed by atoms with Gasteiger partial charge in [-0.15, -0.1) is 0 Å². The molecule has 0 saturated carbocycles. The lowest BCUT2D eigenvalue weighted by Gasteiger charge is -2.38. The lowest BCUT2D eigenvalue weighted by atomic mass is 9.94. The molecule has 0 atom stereocenters. The Hall–Kier alpha value is -3.06. The average Bonchev–Trinajstić information content (AvgIpc) is 2.88. The van der Waals surface area contributed by atoms with Gasteiger partial charge in [-0.05, 0) is 36.6 Å². The number of piperazine rings is 1. The van der Waals surface area contributed by atoms with E-state index in [0.717, 1.165) is 32.7 Å². The largest absolute Gasteiger partial charge is 0.493 e. The summed E-state index contributed by atoms with van der Waals surface area (Å²) in [7, 11) is 3.13. The monoisotopic (exact) mass is 451 g/mol. The Balaban J connectivity index is 1.26. The van der Waals surface area contributed by atoms with Crippen molar-refractivity contribution in [2.45, 2.75) is 19.4 Å². The van der Waals surface area contributed by atoms with E-state index in [-0.39, 0.29) is 17.7 Å². The Morgan fingerprint density at radius 3 is 2.12 bits per heavy atom. The Kier molecular flexibility index (Phi) is 7.50. The molecule has 2 amide bonds. The van der Waals surface area contributed by atoms with E-state index in [1.165, 1.54) is 5.56 Å². The Labute approximate surface area is 195 Å². The number of benzene rings is 2. The molecule has 0 aromatic heterocycles. The number of ether oxygens (including phenoxy) is 2. The number of carbonyl (C=O) groups excluding carboxylic acids is 2. The van der Waals surface area contributed by atoms with Crippen molar-refractivity contribution in [3.05, 3.63) is 59.7 Å². The number of carbonyl (C=O) groups is 2. The smallest absolute Gasteiger partial charge is 0.253 e. The number of rotatable bonds is 6. The number of nitrogens with zero attached hydrogens (tertiary/aromatic N) is 3. The highest BCUT2D eigenvalue weighted by Crippen LogP contribution is 2.29. The van der Waals surface area contributed by atoms with E-state index in [1.807, 2.05) is 15.9 Å². The number of hydrogen-bond donors (Lipinski definition) is 0. The predicted octanol–water partition coefficient (Wildman–Crippen LogP) is 2.90. The molecule has 0 aliphatic carbocycles. The molecule has 33 heavy (non-hydrogen) atoms. The third-order valence-corrected chi connectivity index (χ3v) is 6.69. The van der Waals surface area contributed by atoms with Crippen molar-refractivity contribution in [2.75, 3.05) is 53.5 Å². The summed E-state index contributed by atoms with van der Waals surface area (Å²) in [6.45, 7) is 5.47. The van der Waals surface area contributed by atoms with Crippen LogP contribution in [0.5, 0.6) is 11.5 Å². The first kappa shape index (κ1) is 23.1. The summed E-state index contributed by atoms with van der Waals surface area (Å²) in [4.78, 5) is 32.3. The van der Waals surface area contributed by atoms with Gasteiger partial charge < -0.3 is 19.3 Å². The molecular weight excluding hydrogens is 418 g/mol. The van der Waals surface area contributed by atoms with Crippen molar-refractivity contribution in [2.24, 2.45) is 5.92 Å². The summed E-state index contributed by atoms with van der Waals surface area (Å²) >= 11 is 0. The zero-order valence-corrected chi connectivity index (χ0v) is 19.5. The molecule has 2 aliphatic rings. The van der Waals surface area contributed by atoms with Crippen LogP contribution in [0.4, 0.5) is 0 Å². The number of piperidine rings is 1. The average molecular weight is 452 g/mol. The first-order chi connectivity index (χ1) is 16.1. The Morgan fingerprint density at radius 2 is 1.48 bits per heavy atom. The zero-order chi connectivity index (χ0) is 23.2. The number of likely N-dealkylation sites (tertiary alicyclic amines) is 1. The van der Waals surface area contributed by atoms with Crippen molar-refractivity contribution in [1.82, 2.24) is 14.7 Å². The second-order valence-electron chi connectivity index (χ2n) is 8.72. The maximum atomic E-state index is 13.1. The van der Waals surface area contributed by atoms with Crippen LogP contribution in [-0.4, -0.2) is 80.0 Å². The van der Waals surface area contributed by atoms with Crippen LogP contribution in [0.25, 0.3) is 0 Å². The standard InChI is InChI=1S/C26H33N3O4/c1-32-23-9-8-22(18-24(23)33-2)26(31)28-12-10-21(11-13-28)25(30)29-16-14-27(15-17-29)19-20-6-4-3-5-7-20/h3-9,18,21H,10-17,19H2,1-2H3. The van der Waals surface area contributed by atoms with Crippen LogP contribution in [0.15, 0.2) is 48.5 Å². The molecule has 2 aromatic carbocycles. The minimum Gasteiger partial charge on any atom is -0.493 e. The molecule has 176 valence electrons. The van der Waals surface area contributed by atoms with Gasteiger partial charge in [-0.1, -0.05) is 30.3 Å². The van der Waals surface area contributed by atoms with Crippen LogP contribution in [0.2, 0.25) is 0 Å². The molecule has 2 saturated heterocycles. The fourth-order valence-corrected chi connectivity index (χ4v) is 4.71. The predicted molar refractivity (Wildman–Crippen MR) is 126 cm³/mol. The van der Waals surface area contributed by atoms with Gasteiger partial charge in [0.05, 0.1) is 14.2 Å². The Morgan fingerprint density at radius 1 is 0.818 bits per heavy atom. The van der Waals surface area contributed by atoms with E-state index in [4.69, 9.17) is 9.47 Å². The highest BCUT2D eigenvalue weighted by Gasteiger charge is 2.32. The van der Waals surface area contributed by atoms with Crippen LogP contribution in [0.3, 0.4) is 0 Å². The topological polar surface area (TPSA) is 62.3 Å². The molecule has 0 N–H and O–H groups in total. The van der Waals surface area contributed by atoms with Crippen molar-refractivity contribution in [3.8, 4) is 11.5 Å². The van der Waals surface area contributed by atoms with E-state index in [9.17, 15) is 9.59 Å². The van der Waals surface area contributed by atoms with Crippen molar-refractivity contribution in [1.29, 1.82) is 0 Å². The number of methoxy groups -OCH3 is 2. The van der Waals surface area contributed by atoms with E-state index < -0.39 is 0 Å². The maximum absolute atomic E-state index is 13.1. The normalized spacial score (nSPS) is 17.6. The molecule has 0 unspecified atom stereocenters. The molecule has 4 rings (SSSR count). The van der Waals surface area contributed by atoms with Gasteiger partial charge in [0.15, 0.2) is 11.5 Å². The molecule has 2 fully saturated rings. The van der Waals surface area contributed by atoms with Gasteiger partial charge in [0.1, 0.15) is 0 Å². The van der Waals surface area contributed by atoms with Crippen molar-refractivity contribution >= 4 is 11.8 Å². The van der Waals surface area contributed by atoms with Gasteiger partial charge in [0.2, 0.25) is 5.91 Å². The van der Waals surface area contributed by atoms with Gasteiger partial charge in [-0.25, -0.2) is 0 Å². The van der Waals surface area contributed by atoms with Gasteiger partial charge in [0.25, 0.3) is 5.91 Å². The van der Waals surface area contributed by atoms with E-state index >= 15 is 0 Å².